The van der Waals surface area contributed by atoms with Crippen molar-refractivity contribution < 1.29 is 13.2 Å². The number of carbonyl (C=O) groups excluding carboxylic acids is 1. The smallest absolute Gasteiger partial charge is 0.267 e. The SMILES string of the molecule is O=C(CN(c1ccccc1)S(=O)(=O)c1cn[nH]c1)N1CCCCC1. The van der Waals surface area contributed by atoms with Crippen LogP contribution in [0.5, 0.6) is 0 Å². The lowest BCUT2D eigenvalue weighted by atomic mass is 10.1. The number of sulfonamides is 1. The third-order valence-corrected chi connectivity index (χ3v) is 5.83. The first-order valence-electron chi connectivity index (χ1n) is 7.93. The molecule has 0 unspecified atom stereocenters. The minimum atomic E-state index is -3.85. The molecular weight excluding hydrogens is 328 g/mol. The second-order valence-corrected chi connectivity index (χ2v) is 7.58. The topological polar surface area (TPSA) is 86.4 Å². The number of para-hydroxylation sites is 1. The van der Waals surface area contributed by atoms with Crippen LogP contribution < -0.4 is 4.31 Å². The van der Waals surface area contributed by atoms with Crippen LogP contribution in [0, 0.1) is 0 Å². The molecule has 128 valence electrons. The molecule has 24 heavy (non-hydrogen) atoms. The van der Waals surface area contributed by atoms with Crippen LogP contribution >= 0.6 is 0 Å². The van der Waals surface area contributed by atoms with Crippen molar-refractivity contribution in [3.05, 3.63) is 42.7 Å². The third-order valence-electron chi connectivity index (χ3n) is 4.09. The number of carbonyl (C=O) groups is 1. The lowest BCUT2D eigenvalue weighted by Gasteiger charge is -2.30. The molecule has 1 fully saturated rings. The number of likely N-dealkylation sites (tertiary alicyclic amines) is 1. The van der Waals surface area contributed by atoms with Gasteiger partial charge in [-0.1, -0.05) is 18.2 Å². The van der Waals surface area contributed by atoms with E-state index >= 15 is 0 Å². The fourth-order valence-electron chi connectivity index (χ4n) is 2.78. The van der Waals surface area contributed by atoms with Gasteiger partial charge in [0.05, 0.1) is 11.9 Å². The number of rotatable bonds is 5. The molecule has 1 aromatic carbocycles. The normalized spacial score (nSPS) is 15.2. The van der Waals surface area contributed by atoms with E-state index < -0.39 is 10.0 Å². The van der Waals surface area contributed by atoms with Crippen LogP contribution in [0.1, 0.15) is 19.3 Å². The van der Waals surface area contributed by atoms with Crippen LogP contribution in [0.4, 0.5) is 5.69 Å². The Morgan fingerprint density at radius 3 is 2.50 bits per heavy atom. The molecule has 1 aromatic heterocycles. The Hall–Kier alpha value is -2.35. The van der Waals surface area contributed by atoms with Crippen molar-refractivity contribution in [2.75, 3.05) is 23.9 Å². The summed E-state index contributed by atoms with van der Waals surface area (Å²) in [5.41, 5.74) is 0.462. The fourth-order valence-corrected chi connectivity index (χ4v) is 4.10. The summed E-state index contributed by atoms with van der Waals surface area (Å²) in [7, 11) is -3.85. The molecule has 0 radical (unpaired) electrons. The van der Waals surface area contributed by atoms with E-state index in [1.54, 1.807) is 35.2 Å². The third kappa shape index (κ3) is 3.43. The van der Waals surface area contributed by atoms with Gasteiger partial charge in [0.1, 0.15) is 11.4 Å². The maximum absolute atomic E-state index is 12.9. The Morgan fingerprint density at radius 1 is 1.17 bits per heavy atom. The second-order valence-electron chi connectivity index (χ2n) is 5.72. The maximum Gasteiger partial charge on any atom is 0.267 e. The molecular formula is C16H20N4O3S. The van der Waals surface area contributed by atoms with E-state index in [0.717, 1.165) is 23.6 Å². The highest BCUT2D eigenvalue weighted by Gasteiger charge is 2.29. The molecule has 3 rings (SSSR count). The number of anilines is 1. The van der Waals surface area contributed by atoms with Gasteiger partial charge in [-0.2, -0.15) is 5.10 Å². The number of H-pyrrole nitrogens is 1. The fraction of sp³-hybridized carbons (Fsp3) is 0.375. The van der Waals surface area contributed by atoms with Crippen LogP contribution in [-0.4, -0.2) is 49.1 Å². The number of benzene rings is 1. The lowest BCUT2D eigenvalue weighted by Crippen LogP contribution is -2.44. The predicted octanol–water partition coefficient (Wildman–Crippen LogP) is 1.62. The minimum absolute atomic E-state index is 0.0396. The van der Waals surface area contributed by atoms with Gasteiger partial charge in [-0.15, -0.1) is 0 Å². The van der Waals surface area contributed by atoms with E-state index in [1.807, 2.05) is 0 Å². The molecule has 0 aliphatic carbocycles. The molecule has 8 heteroatoms. The molecule has 0 atom stereocenters. The van der Waals surface area contributed by atoms with Crippen LogP contribution in [0.25, 0.3) is 0 Å². The van der Waals surface area contributed by atoms with Gasteiger partial charge in [0.25, 0.3) is 10.0 Å². The molecule has 1 aliphatic heterocycles. The predicted molar refractivity (Wildman–Crippen MR) is 90.0 cm³/mol. The summed E-state index contributed by atoms with van der Waals surface area (Å²) >= 11 is 0. The zero-order valence-corrected chi connectivity index (χ0v) is 14.1. The first kappa shape index (κ1) is 16.5. The van der Waals surface area contributed by atoms with Crippen LogP contribution in [0.2, 0.25) is 0 Å². The first-order chi connectivity index (χ1) is 11.6. The maximum atomic E-state index is 12.9. The van der Waals surface area contributed by atoms with Gasteiger partial charge in [0.15, 0.2) is 0 Å². The molecule has 7 nitrogen and oxygen atoms in total. The molecule has 2 aromatic rings. The summed E-state index contributed by atoms with van der Waals surface area (Å²) < 4.78 is 27.0. The Kier molecular flexibility index (Phi) is 4.84. The van der Waals surface area contributed by atoms with E-state index in [0.29, 0.717) is 18.8 Å². The molecule has 0 spiro atoms. The number of amides is 1. The summed E-state index contributed by atoms with van der Waals surface area (Å²) in [5.74, 6) is -0.175. The minimum Gasteiger partial charge on any atom is -0.341 e. The average Bonchev–Trinajstić information content (AvgIpc) is 3.16. The van der Waals surface area contributed by atoms with Gasteiger partial charge in [-0.3, -0.25) is 14.2 Å². The quantitative estimate of drug-likeness (QED) is 0.889. The highest BCUT2D eigenvalue weighted by molar-refractivity contribution is 7.92. The van der Waals surface area contributed by atoms with Crippen LogP contribution in [0.3, 0.4) is 0 Å². The van der Waals surface area contributed by atoms with Gasteiger partial charge >= 0.3 is 0 Å². The standard InChI is InChI=1S/C16H20N4O3S/c21-16(19-9-5-2-6-10-19)13-20(14-7-3-1-4-8-14)24(22,23)15-11-17-18-12-15/h1,3-4,7-8,11-12H,2,5-6,9-10,13H2,(H,17,18). The molecule has 1 saturated heterocycles. The summed E-state index contributed by atoms with van der Waals surface area (Å²) in [6.45, 7) is 1.16. The number of aromatic amines is 1. The molecule has 0 saturated carbocycles. The summed E-state index contributed by atoms with van der Waals surface area (Å²) in [5, 5.41) is 6.22. The van der Waals surface area contributed by atoms with Crippen molar-refractivity contribution in [1.82, 2.24) is 15.1 Å². The average molecular weight is 348 g/mol. The number of nitrogens with zero attached hydrogens (tertiary/aromatic N) is 3. The van der Waals surface area contributed by atoms with Gasteiger partial charge in [-0.25, -0.2) is 8.42 Å². The zero-order valence-electron chi connectivity index (χ0n) is 13.3. The second kappa shape index (κ2) is 7.04. The first-order valence-corrected chi connectivity index (χ1v) is 9.37. The van der Waals surface area contributed by atoms with Gasteiger partial charge in [0, 0.05) is 19.3 Å². The van der Waals surface area contributed by atoms with Gasteiger partial charge in [0.2, 0.25) is 5.91 Å². The highest BCUT2D eigenvalue weighted by atomic mass is 32.2. The van der Waals surface area contributed by atoms with E-state index in [2.05, 4.69) is 10.2 Å². The Balaban J connectivity index is 1.90. The van der Waals surface area contributed by atoms with E-state index in [1.165, 1.54) is 12.4 Å². The Bertz CT molecular complexity index is 769. The molecule has 0 bridgehead atoms. The van der Waals surface area contributed by atoms with E-state index in [4.69, 9.17) is 0 Å². The van der Waals surface area contributed by atoms with Crippen LogP contribution in [0.15, 0.2) is 47.6 Å². The molecule has 1 aliphatic rings. The number of hydrogen-bond acceptors (Lipinski definition) is 4. The number of hydrogen-bond donors (Lipinski definition) is 1. The van der Waals surface area contributed by atoms with Crippen molar-refractivity contribution in [3.63, 3.8) is 0 Å². The number of aromatic nitrogens is 2. The zero-order chi connectivity index (χ0) is 17.0. The van der Waals surface area contributed by atoms with Gasteiger partial charge < -0.3 is 4.90 Å². The van der Waals surface area contributed by atoms with Crippen LogP contribution in [-0.2, 0) is 14.8 Å². The molecule has 2 heterocycles. The Labute approximate surface area is 141 Å². The van der Waals surface area contributed by atoms with Gasteiger partial charge in [-0.05, 0) is 31.4 Å². The summed E-state index contributed by atoms with van der Waals surface area (Å²) in [4.78, 5) is 14.4. The van der Waals surface area contributed by atoms with Crippen molar-refractivity contribution in [1.29, 1.82) is 0 Å². The number of piperidine rings is 1. The molecule has 1 N–H and O–H groups in total. The Morgan fingerprint density at radius 2 is 1.88 bits per heavy atom. The van der Waals surface area contributed by atoms with Crippen molar-refractivity contribution in [2.24, 2.45) is 0 Å². The lowest BCUT2D eigenvalue weighted by molar-refractivity contribution is -0.130. The van der Waals surface area contributed by atoms with Crippen molar-refractivity contribution in [3.8, 4) is 0 Å². The summed E-state index contributed by atoms with van der Waals surface area (Å²) in [6, 6.07) is 8.66. The van der Waals surface area contributed by atoms with E-state index in [-0.39, 0.29) is 17.3 Å². The van der Waals surface area contributed by atoms with E-state index in [9.17, 15) is 13.2 Å². The van der Waals surface area contributed by atoms with Crippen molar-refractivity contribution in [2.45, 2.75) is 24.2 Å². The highest BCUT2D eigenvalue weighted by Crippen LogP contribution is 2.23. The van der Waals surface area contributed by atoms with Crippen molar-refractivity contribution >= 4 is 21.6 Å². The largest absolute Gasteiger partial charge is 0.341 e. The monoisotopic (exact) mass is 348 g/mol. The molecule has 1 amide bonds. The number of nitrogens with one attached hydrogen (secondary N) is 1. The summed E-state index contributed by atoms with van der Waals surface area (Å²) in [6.07, 6.45) is 5.60.